The minimum atomic E-state index is -2.86. The van der Waals surface area contributed by atoms with Gasteiger partial charge < -0.3 is 9.88 Å². The largest absolute Gasteiger partial charge is 0.329 e. The van der Waals surface area contributed by atoms with Crippen molar-refractivity contribution < 1.29 is 8.42 Å². The van der Waals surface area contributed by atoms with Crippen LogP contribution in [0.25, 0.3) is 22.5 Å². The molecule has 148 valence electrons. The van der Waals surface area contributed by atoms with Crippen LogP contribution in [0.4, 0.5) is 0 Å². The van der Waals surface area contributed by atoms with Gasteiger partial charge >= 0.3 is 0 Å². The van der Waals surface area contributed by atoms with Gasteiger partial charge in [0.15, 0.2) is 9.84 Å². The topological polar surface area (TPSA) is 81.8 Å². The predicted octanol–water partition coefficient (Wildman–Crippen LogP) is 2.04. The number of aryl methyl sites for hydroxylation is 1. The first-order chi connectivity index (χ1) is 13.4. The number of hydrogen-bond donors (Lipinski definition) is 1. The number of benzene rings is 1. The lowest BCUT2D eigenvalue weighted by Crippen LogP contribution is -2.32. The molecule has 7 nitrogen and oxygen atoms in total. The first-order valence-electron chi connectivity index (χ1n) is 9.48. The highest BCUT2D eigenvalue weighted by Gasteiger charge is 2.27. The van der Waals surface area contributed by atoms with Crippen LogP contribution < -0.4 is 5.32 Å². The highest BCUT2D eigenvalue weighted by atomic mass is 32.2. The number of rotatable bonds is 6. The Balaban J connectivity index is 1.56. The highest BCUT2D eigenvalue weighted by molar-refractivity contribution is 7.91. The molecular weight excluding hydrogens is 374 g/mol. The molecule has 0 saturated carbocycles. The molecule has 1 aromatic carbocycles. The molecule has 0 spiro atoms. The van der Waals surface area contributed by atoms with Crippen molar-refractivity contribution in [1.29, 1.82) is 0 Å². The summed E-state index contributed by atoms with van der Waals surface area (Å²) >= 11 is 0. The van der Waals surface area contributed by atoms with Gasteiger partial charge in [-0.1, -0.05) is 30.3 Å². The van der Waals surface area contributed by atoms with Crippen LogP contribution >= 0.6 is 0 Å². The van der Waals surface area contributed by atoms with Crippen LogP contribution in [0.1, 0.15) is 12.1 Å². The molecule has 1 aliphatic rings. The van der Waals surface area contributed by atoms with Crippen LogP contribution in [-0.2, 0) is 23.4 Å². The van der Waals surface area contributed by atoms with Crippen molar-refractivity contribution in [2.24, 2.45) is 7.05 Å². The highest BCUT2D eigenvalue weighted by Crippen LogP contribution is 2.33. The molecule has 8 heteroatoms. The van der Waals surface area contributed by atoms with Crippen LogP contribution in [0, 0.1) is 6.92 Å². The van der Waals surface area contributed by atoms with Crippen molar-refractivity contribution in [3.05, 3.63) is 48.5 Å². The second kappa shape index (κ2) is 7.52. The van der Waals surface area contributed by atoms with E-state index >= 15 is 0 Å². The Labute approximate surface area is 165 Å². The molecule has 1 N–H and O–H groups in total. The smallest absolute Gasteiger partial charge is 0.151 e. The van der Waals surface area contributed by atoms with E-state index in [1.54, 1.807) is 0 Å². The van der Waals surface area contributed by atoms with Crippen LogP contribution in [0.3, 0.4) is 0 Å². The monoisotopic (exact) mass is 399 g/mol. The Bertz CT molecular complexity index is 1070. The standard InChI is InChI=1S/C20H25N5O2S/c1-15-19(20(23-24(15)2)16-6-4-3-5-7-16)18-12-21-14-25(18)10-9-22-17-8-11-28(26,27)13-17/h3-7,12,14,17,22H,8-11,13H2,1-2H3/t17-/m1/s1. The van der Waals surface area contributed by atoms with E-state index in [0.717, 1.165) is 28.2 Å². The number of nitrogens with zero attached hydrogens (tertiary/aromatic N) is 4. The summed E-state index contributed by atoms with van der Waals surface area (Å²) in [6, 6.07) is 10.2. The number of aromatic nitrogens is 4. The third kappa shape index (κ3) is 3.74. The first kappa shape index (κ1) is 18.9. The molecule has 0 aliphatic carbocycles. The van der Waals surface area contributed by atoms with Gasteiger partial charge in [0.05, 0.1) is 29.7 Å². The molecule has 0 radical (unpaired) electrons. The second-order valence-corrected chi connectivity index (χ2v) is 9.55. The third-order valence-electron chi connectivity index (χ3n) is 5.37. The summed E-state index contributed by atoms with van der Waals surface area (Å²) in [7, 11) is -0.910. The molecule has 0 bridgehead atoms. The molecule has 0 unspecified atom stereocenters. The molecule has 1 fully saturated rings. The van der Waals surface area contributed by atoms with E-state index in [4.69, 9.17) is 5.10 Å². The van der Waals surface area contributed by atoms with Crippen molar-refractivity contribution in [1.82, 2.24) is 24.6 Å². The van der Waals surface area contributed by atoms with E-state index < -0.39 is 9.84 Å². The lowest BCUT2D eigenvalue weighted by molar-refractivity contribution is 0.521. The molecule has 1 aliphatic heterocycles. The number of sulfone groups is 1. The molecule has 0 amide bonds. The van der Waals surface area contributed by atoms with Gasteiger partial charge in [0.25, 0.3) is 0 Å². The molecule has 1 atom stereocenters. The lowest BCUT2D eigenvalue weighted by Gasteiger charge is -2.13. The van der Waals surface area contributed by atoms with Crippen LogP contribution in [-0.4, -0.2) is 51.8 Å². The predicted molar refractivity (Wildman–Crippen MR) is 110 cm³/mol. The van der Waals surface area contributed by atoms with Crippen molar-refractivity contribution in [2.75, 3.05) is 18.1 Å². The maximum atomic E-state index is 11.6. The fourth-order valence-electron chi connectivity index (χ4n) is 3.77. The number of imidazole rings is 1. The van der Waals surface area contributed by atoms with E-state index in [1.165, 1.54) is 0 Å². The maximum Gasteiger partial charge on any atom is 0.151 e. The van der Waals surface area contributed by atoms with Crippen molar-refractivity contribution >= 4 is 9.84 Å². The number of nitrogens with one attached hydrogen (secondary N) is 1. The molecule has 4 rings (SSSR count). The normalized spacial score (nSPS) is 18.6. The van der Waals surface area contributed by atoms with Gasteiger partial charge in [-0.05, 0) is 13.3 Å². The molecular formula is C20H25N5O2S. The minimum Gasteiger partial charge on any atom is -0.329 e. The quantitative estimate of drug-likeness (QED) is 0.686. The Morgan fingerprint density at radius 3 is 2.75 bits per heavy atom. The Hall–Kier alpha value is -2.45. The van der Waals surface area contributed by atoms with Gasteiger partial charge in [0.2, 0.25) is 0 Å². The zero-order chi connectivity index (χ0) is 19.7. The summed E-state index contributed by atoms with van der Waals surface area (Å²) < 4.78 is 27.2. The van der Waals surface area contributed by atoms with E-state index in [9.17, 15) is 8.42 Å². The SMILES string of the molecule is Cc1c(-c2cncn2CCN[C@@H]2CCS(=O)(=O)C2)c(-c2ccccc2)nn1C. The summed E-state index contributed by atoms with van der Waals surface area (Å²) in [5, 5.41) is 8.10. The average Bonchev–Trinajstić information content (AvgIpc) is 3.35. The summed E-state index contributed by atoms with van der Waals surface area (Å²) in [6.45, 7) is 3.48. The fraction of sp³-hybridized carbons (Fsp3) is 0.400. The van der Waals surface area contributed by atoms with Crippen LogP contribution in [0.5, 0.6) is 0 Å². The van der Waals surface area contributed by atoms with Gasteiger partial charge in [0.1, 0.15) is 5.69 Å². The van der Waals surface area contributed by atoms with Gasteiger partial charge in [-0.25, -0.2) is 13.4 Å². The van der Waals surface area contributed by atoms with Crippen LogP contribution in [0.15, 0.2) is 42.9 Å². The molecule has 3 aromatic rings. The zero-order valence-corrected chi connectivity index (χ0v) is 17.0. The third-order valence-corrected chi connectivity index (χ3v) is 7.14. The Morgan fingerprint density at radius 1 is 1.25 bits per heavy atom. The molecule has 3 heterocycles. The number of hydrogen-bond acceptors (Lipinski definition) is 5. The van der Waals surface area contributed by atoms with Gasteiger partial charge in [-0.2, -0.15) is 5.10 Å². The van der Waals surface area contributed by atoms with E-state index in [0.29, 0.717) is 19.5 Å². The Kier molecular flexibility index (Phi) is 5.07. The minimum absolute atomic E-state index is 0.0528. The summed E-state index contributed by atoms with van der Waals surface area (Å²) in [5.41, 5.74) is 5.19. The van der Waals surface area contributed by atoms with Gasteiger partial charge in [-0.3, -0.25) is 4.68 Å². The van der Waals surface area contributed by atoms with E-state index in [1.807, 2.05) is 42.5 Å². The van der Waals surface area contributed by atoms with E-state index in [2.05, 4.69) is 33.9 Å². The molecule has 1 saturated heterocycles. The lowest BCUT2D eigenvalue weighted by atomic mass is 10.0. The summed E-state index contributed by atoms with van der Waals surface area (Å²) in [5.74, 6) is 0.528. The van der Waals surface area contributed by atoms with Crippen molar-refractivity contribution in [2.45, 2.75) is 25.9 Å². The summed E-state index contributed by atoms with van der Waals surface area (Å²) in [4.78, 5) is 4.36. The van der Waals surface area contributed by atoms with Crippen LogP contribution in [0.2, 0.25) is 0 Å². The van der Waals surface area contributed by atoms with E-state index in [-0.39, 0.29) is 17.5 Å². The average molecular weight is 400 g/mol. The van der Waals surface area contributed by atoms with Gasteiger partial charge in [-0.15, -0.1) is 0 Å². The fourth-order valence-corrected chi connectivity index (χ4v) is 5.47. The maximum absolute atomic E-state index is 11.6. The first-order valence-corrected chi connectivity index (χ1v) is 11.3. The van der Waals surface area contributed by atoms with Gasteiger partial charge in [0, 0.05) is 43.0 Å². The Morgan fingerprint density at radius 2 is 2.04 bits per heavy atom. The van der Waals surface area contributed by atoms with Crippen molar-refractivity contribution in [3.8, 4) is 22.5 Å². The summed E-state index contributed by atoms with van der Waals surface area (Å²) in [6.07, 6.45) is 4.39. The molecule has 2 aromatic heterocycles. The molecule has 28 heavy (non-hydrogen) atoms. The van der Waals surface area contributed by atoms with Crippen molar-refractivity contribution in [3.63, 3.8) is 0 Å². The second-order valence-electron chi connectivity index (χ2n) is 7.33. The zero-order valence-electron chi connectivity index (χ0n) is 16.2.